The van der Waals surface area contributed by atoms with Gasteiger partial charge >= 0.3 is 14.2 Å². The lowest BCUT2D eigenvalue weighted by atomic mass is 9.67. The third kappa shape index (κ3) is 26.5. The van der Waals surface area contributed by atoms with Gasteiger partial charge in [0.25, 0.3) is 0 Å². The van der Waals surface area contributed by atoms with E-state index in [1.165, 1.54) is 249 Å². The lowest BCUT2D eigenvalue weighted by molar-refractivity contribution is 0.00578. The van der Waals surface area contributed by atoms with Crippen LogP contribution in [0.4, 0.5) is 0 Å². The van der Waals surface area contributed by atoms with Gasteiger partial charge in [-0.1, -0.05) is 442 Å². The molecule has 0 radical (unpaired) electrons. The number of aryl methyl sites for hydroxylation is 2. The summed E-state index contributed by atoms with van der Waals surface area (Å²) in [6.45, 7) is 30.8. The van der Waals surface area contributed by atoms with E-state index in [2.05, 4.69) is 401 Å². The molecule has 16 rings (SSSR count). The Morgan fingerprint density at radius 3 is 0.854 bits per heavy atom. The number of nitrogens with zero attached hydrogens (tertiary/aromatic N) is 2. The lowest BCUT2D eigenvalue weighted by Crippen LogP contribution is -2.41. The van der Waals surface area contributed by atoms with Crippen molar-refractivity contribution >= 4 is 105 Å². The number of aromatic nitrogens is 2. The first-order valence-electron chi connectivity index (χ1n) is 49.3. The zero-order valence-corrected chi connectivity index (χ0v) is 85.8. The zero-order valence-electron chi connectivity index (χ0n) is 80.8. The lowest BCUT2D eigenvalue weighted by Gasteiger charge is -2.33. The van der Waals surface area contributed by atoms with Crippen LogP contribution < -0.4 is 42.8 Å². The van der Waals surface area contributed by atoms with Crippen molar-refractivity contribution in [2.75, 3.05) is 0 Å². The molecule has 2 aromatic heterocycles. The van der Waals surface area contributed by atoms with Crippen LogP contribution in [0.5, 0.6) is 0 Å². The molecule has 12 aromatic rings. The largest absolute Gasteiger partial charge is 0.494 e. The molecular weight excluding hydrogens is 1750 g/mol. The monoisotopic (exact) mass is 1900 g/mol. The van der Waals surface area contributed by atoms with Crippen molar-refractivity contribution in [2.45, 2.75) is 310 Å². The van der Waals surface area contributed by atoms with Crippen LogP contribution in [-0.2, 0) is 29.4 Å². The second kappa shape index (κ2) is 49.5. The third-order valence-electron chi connectivity index (χ3n) is 27.8. The highest BCUT2D eigenvalue weighted by atomic mass is 79.9. The summed E-state index contributed by atoms with van der Waals surface area (Å²) in [5.41, 5.74) is 17.6. The van der Waals surface area contributed by atoms with E-state index in [4.69, 9.17) is 23.6 Å². The fourth-order valence-electron chi connectivity index (χ4n) is 19.1. The minimum absolute atomic E-state index is 0.0561. The van der Waals surface area contributed by atoms with Gasteiger partial charge in [-0.3, -0.25) is 4.98 Å². The number of rotatable bonds is 37. The first kappa shape index (κ1) is 101. The molecule has 2 saturated heterocycles. The van der Waals surface area contributed by atoms with E-state index in [0.29, 0.717) is 0 Å². The van der Waals surface area contributed by atoms with Gasteiger partial charge in [0, 0.05) is 33.3 Å². The fraction of sp³-hybridized carbons (Fsp3) is 0.407. The highest BCUT2D eigenvalue weighted by Gasteiger charge is 2.55. The van der Waals surface area contributed by atoms with Crippen LogP contribution in [0.1, 0.15) is 296 Å². The van der Waals surface area contributed by atoms with Crippen molar-refractivity contribution in [1.29, 1.82) is 0 Å². The first-order chi connectivity index (χ1) is 63.0. The molecular formula is C118H146B2Br2N2O4P2. The predicted molar refractivity (Wildman–Crippen MR) is 571 cm³/mol. The third-order valence-corrected chi connectivity index (χ3v) is 33.6. The molecule has 0 bridgehead atoms. The van der Waals surface area contributed by atoms with E-state index in [0.717, 1.165) is 38.5 Å². The van der Waals surface area contributed by atoms with Gasteiger partial charge in [-0.15, -0.1) is 0 Å². The molecule has 6 nitrogen and oxygen atoms in total. The Bertz CT molecular complexity index is 4900. The average Bonchev–Trinajstić information content (AvgIpc) is 1.55. The summed E-state index contributed by atoms with van der Waals surface area (Å²) >= 11 is 6.48. The Hall–Kier alpha value is -7.71. The number of halogens is 2. The van der Waals surface area contributed by atoms with Crippen molar-refractivity contribution in [3.63, 3.8) is 0 Å². The number of hydrogen-bond acceptors (Lipinski definition) is 6. The minimum Gasteiger partial charge on any atom is -0.399 e. The summed E-state index contributed by atoms with van der Waals surface area (Å²) in [6.07, 6.45) is 40.5. The van der Waals surface area contributed by atoms with E-state index in [-0.39, 0.29) is 47.5 Å². The number of unbranched alkanes of at least 4 members (excludes halogenated alkanes) is 20. The molecule has 0 unspecified atom stereocenters. The molecule has 10 aromatic carbocycles. The Labute approximate surface area is 804 Å². The molecule has 2 aliphatic heterocycles. The van der Waals surface area contributed by atoms with Crippen LogP contribution >= 0.6 is 47.7 Å². The quantitative estimate of drug-likeness (QED) is 0.0167. The summed E-state index contributed by atoms with van der Waals surface area (Å²) in [5, 5.41) is 8.39. The van der Waals surface area contributed by atoms with E-state index in [1.54, 1.807) is 17.3 Å². The molecule has 0 spiro atoms. The zero-order chi connectivity index (χ0) is 92.0. The molecule has 12 heteroatoms. The SMILES string of the molecule is Brc1ccc(Br)nc1.CCCCCCCCC1(CCCCCCCC)c2cc(B3OC(C)(C)C(C)(C)O3)ccc2-c2ccc(B3OC(C)(C)C(C)(C)O3)cc21.CCCCCCCCC1(CCCCCCCC)c2cc(C)ccc2-c2ccc(-c3ccc(C)cn3)cc21.c1ccc(P(c2ccccc2)c2ccccc2)cc1.c1ccc(P(c2ccccc2)c2ccccc2)cc1. The summed E-state index contributed by atoms with van der Waals surface area (Å²) < 4.78 is 28.3. The number of pyridine rings is 2. The first-order valence-corrected chi connectivity index (χ1v) is 53.6. The average molecular weight is 1900 g/mol. The second-order valence-corrected chi connectivity index (χ2v) is 44.7. The molecule has 2 fully saturated rings. The summed E-state index contributed by atoms with van der Waals surface area (Å²) in [7, 11) is -1.62. The molecule has 2 aliphatic carbocycles. The van der Waals surface area contributed by atoms with Crippen LogP contribution in [0.3, 0.4) is 0 Å². The Morgan fingerprint density at radius 1 is 0.277 bits per heavy atom. The molecule has 0 amide bonds. The van der Waals surface area contributed by atoms with Crippen molar-refractivity contribution < 1.29 is 18.6 Å². The van der Waals surface area contributed by atoms with Gasteiger partial charge in [-0.25, -0.2) is 4.98 Å². The van der Waals surface area contributed by atoms with Gasteiger partial charge in [-0.2, -0.15) is 0 Å². The maximum Gasteiger partial charge on any atom is 0.494 e. The predicted octanol–water partition coefficient (Wildman–Crippen LogP) is 30.7. The molecule has 0 saturated carbocycles. The standard InChI is InChI=1S/C41H64B2O4.C36H49N.2C18H15P.C5H3Br2N/c1-11-13-15-17-19-21-27-41(28-22-20-18-16-14-12-2)35-29-31(42-44-37(3,4)38(5,6)45-42)23-25-33(35)34-26-24-32(30-36(34)41)43-46-39(7,8)40(9,10)47-43;1-5-7-9-11-13-15-23-36(24-16-14-12-10-8-6-2)33-25-28(3)17-20-31(33)32-21-19-30(26-34(32)36)35-22-18-29(4)27-37-35;2*1-4-10-16(11-5-1)19(17-12-6-2-7-13-17)18-14-8-3-9-15-18;6-4-1-2-5(7)8-3-4/h23-26,29-30H,11-22,27-28H2,1-10H3;17-22,25-27H,5-16,23-24H2,1-4H3;2*1-15H;1-3H. The van der Waals surface area contributed by atoms with Gasteiger partial charge in [0.2, 0.25) is 0 Å². The number of fused-ring (bicyclic) bond motifs is 6. The maximum absolute atomic E-state index is 6.60. The van der Waals surface area contributed by atoms with Crippen molar-refractivity contribution in [1.82, 2.24) is 9.97 Å². The van der Waals surface area contributed by atoms with Crippen molar-refractivity contribution in [3.8, 4) is 33.5 Å². The topological polar surface area (TPSA) is 62.7 Å². The van der Waals surface area contributed by atoms with Gasteiger partial charge in [0.15, 0.2) is 0 Å². The van der Waals surface area contributed by atoms with Crippen LogP contribution in [0.2, 0.25) is 0 Å². The Balaban J connectivity index is 0.000000161. The van der Waals surface area contributed by atoms with Gasteiger partial charge in [0.1, 0.15) is 4.60 Å². The van der Waals surface area contributed by atoms with E-state index < -0.39 is 15.8 Å². The molecule has 130 heavy (non-hydrogen) atoms. The smallest absolute Gasteiger partial charge is 0.399 e. The van der Waals surface area contributed by atoms with Crippen LogP contribution in [0.25, 0.3) is 33.5 Å². The van der Waals surface area contributed by atoms with E-state index in [9.17, 15) is 0 Å². The highest BCUT2D eigenvalue weighted by Crippen LogP contribution is 2.57. The fourth-order valence-corrected chi connectivity index (χ4v) is 24.1. The molecule has 682 valence electrons. The van der Waals surface area contributed by atoms with Crippen molar-refractivity contribution in [2.24, 2.45) is 0 Å². The minimum atomic E-state index is -0.446. The Kier molecular flexibility index (Phi) is 38.6. The van der Waals surface area contributed by atoms with E-state index in [1.807, 2.05) is 18.3 Å². The molecule has 4 heterocycles. The van der Waals surface area contributed by atoms with E-state index >= 15 is 0 Å². The molecule has 4 aliphatic rings. The van der Waals surface area contributed by atoms with Crippen LogP contribution in [0, 0.1) is 13.8 Å². The normalized spacial score (nSPS) is 15.2. The van der Waals surface area contributed by atoms with Crippen LogP contribution in [0.15, 0.2) is 301 Å². The number of benzene rings is 10. The Morgan fingerprint density at radius 2 is 0.562 bits per heavy atom. The molecule has 0 N–H and O–H groups in total. The number of hydrogen-bond donors (Lipinski definition) is 0. The maximum atomic E-state index is 6.60. The second-order valence-electron chi connectivity index (χ2n) is 38.5. The highest BCUT2D eigenvalue weighted by molar-refractivity contribution is 9.11. The van der Waals surface area contributed by atoms with Gasteiger partial charge in [0.05, 0.1) is 28.1 Å². The van der Waals surface area contributed by atoms with Crippen molar-refractivity contribution in [3.05, 3.63) is 334 Å². The van der Waals surface area contributed by atoms with Crippen LogP contribution in [-0.4, -0.2) is 46.6 Å². The summed E-state index contributed by atoms with van der Waals surface area (Å²) in [6, 6.07) is 101. The summed E-state index contributed by atoms with van der Waals surface area (Å²) in [5.74, 6) is 0. The molecule has 0 atom stereocenters. The van der Waals surface area contributed by atoms with Gasteiger partial charge < -0.3 is 18.6 Å². The van der Waals surface area contributed by atoms with Gasteiger partial charge in [-0.05, 0) is 260 Å². The summed E-state index contributed by atoms with van der Waals surface area (Å²) in [4.78, 5) is 8.74.